The number of hydrogen-bond acceptors (Lipinski definition) is 7. The van der Waals surface area contributed by atoms with Crippen molar-refractivity contribution >= 4 is 40.0 Å². The van der Waals surface area contributed by atoms with Gasteiger partial charge in [0.25, 0.3) is 0 Å². The number of esters is 1. The van der Waals surface area contributed by atoms with Crippen LogP contribution < -0.4 is 5.32 Å². The van der Waals surface area contributed by atoms with Crippen LogP contribution in [0.3, 0.4) is 0 Å². The number of nitrogens with one attached hydrogen (secondary N) is 1. The average Bonchev–Trinajstić information content (AvgIpc) is 2.86. The molecule has 0 saturated carbocycles. The maximum absolute atomic E-state index is 12.1. The molecule has 6 nitrogen and oxygen atoms in total. The molecule has 0 aliphatic carbocycles. The fourth-order valence-electron chi connectivity index (χ4n) is 1.76. The number of hydrogen-bond donors (Lipinski definition) is 1. The molecule has 2 rings (SSSR count). The van der Waals surface area contributed by atoms with Crippen molar-refractivity contribution in [2.45, 2.75) is 25.9 Å². The molecule has 0 fully saturated rings. The van der Waals surface area contributed by atoms with Crippen molar-refractivity contribution in [3.8, 4) is 0 Å². The van der Waals surface area contributed by atoms with Crippen LogP contribution in [0.5, 0.6) is 0 Å². The number of anilines is 1. The standard InChI is InChI=1S/C15H17N3O3S2/c1-4-21-14(20)11-7-10(3)23-13(11)18-12(19)8-22-15-16-6-5-9(2)17-15/h5-7H,4,8H2,1-3H3,(H,18,19). The van der Waals surface area contributed by atoms with Gasteiger partial charge in [-0.2, -0.15) is 0 Å². The quantitative estimate of drug-likeness (QED) is 0.489. The van der Waals surface area contributed by atoms with Crippen LogP contribution in [0.25, 0.3) is 0 Å². The second-order valence-corrected chi connectivity index (χ2v) is 6.84. The lowest BCUT2D eigenvalue weighted by atomic mass is 10.3. The molecule has 0 aromatic carbocycles. The van der Waals surface area contributed by atoms with E-state index in [0.29, 0.717) is 22.3 Å². The topological polar surface area (TPSA) is 81.2 Å². The Morgan fingerprint density at radius 2 is 2.17 bits per heavy atom. The van der Waals surface area contributed by atoms with Crippen LogP contribution >= 0.6 is 23.1 Å². The van der Waals surface area contributed by atoms with Gasteiger partial charge in [0.1, 0.15) is 5.00 Å². The van der Waals surface area contributed by atoms with Gasteiger partial charge in [-0.25, -0.2) is 14.8 Å². The van der Waals surface area contributed by atoms with Crippen molar-refractivity contribution in [2.24, 2.45) is 0 Å². The van der Waals surface area contributed by atoms with Crippen LogP contribution in [0.2, 0.25) is 0 Å². The zero-order chi connectivity index (χ0) is 16.8. The predicted molar refractivity (Wildman–Crippen MR) is 91.1 cm³/mol. The fourth-order valence-corrected chi connectivity index (χ4v) is 3.35. The van der Waals surface area contributed by atoms with Gasteiger partial charge in [-0.1, -0.05) is 11.8 Å². The Labute approximate surface area is 142 Å². The summed E-state index contributed by atoms with van der Waals surface area (Å²) >= 11 is 2.60. The van der Waals surface area contributed by atoms with E-state index < -0.39 is 5.97 Å². The highest BCUT2D eigenvalue weighted by molar-refractivity contribution is 7.99. The second kappa shape index (κ2) is 8.07. The molecule has 2 heterocycles. The molecule has 2 aromatic heterocycles. The second-order valence-electron chi connectivity index (χ2n) is 4.64. The number of thioether (sulfide) groups is 1. The van der Waals surface area contributed by atoms with Gasteiger partial charge in [-0.3, -0.25) is 4.79 Å². The van der Waals surface area contributed by atoms with Crippen molar-refractivity contribution in [2.75, 3.05) is 17.7 Å². The molecule has 122 valence electrons. The molecule has 0 aliphatic heterocycles. The smallest absolute Gasteiger partial charge is 0.341 e. The Kier molecular flexibility index (Phi) is 6.12. The molecule has 8 heteroatoms. The summed E-state index contributed by atoms with van der Waals surface area (Å²) in [6, 6.07) is 3.51. The third kappa shape index (κ3) is 5.04. The molecule has 0 bridgehead atoms. The number of aryl methyl sites for hydroxylation is 2. The summed E-state index contributed by atoms with van der Waals surface area (Å²) in [7, 11) is 0. The number of nitrogens with zero attached hydrogens (tertiary/aromatic N) is 2. The number of amides is 1. The normalized spacial score (nSPS) is 10.4. The molecule has 23 heavy (non-hydrogen) atoms. The first-order valence-electron chi connectivity index (χ1n) is 6.99. The van der Waals surface area contributed by atoms with E-state index in [9.17, 15) is 9.59 Å². The Morgan fingerprint density at radius 1 is 1.39 bits per heavy atom. The predicted octanol–water partition coefficient (Wildman–Crippen LogP) is 3.06. The first-order chi connectivity index (χ1) is 11.0. The Bertz CT molecular complexity index is 716. The molecule has 0 unspecified atom stereocenters. The van der Waals surface area contributed by atoms with E-state index in [-0.39, 0.29) is 11.7 Å². The molecule has 0 spiro atoms. The highest BCUT2D eigenvalue weighted by Gasteiger charge is 2.18. The lowest BCUT2D eigenvalue weighted by Crippen LogP contribution is -2.16. The van der Waals surface area contributed by atoms with Crippen molar-refractivity contribution in [1.29, 1.82) is 0 Å². The molecule has 0 saturated heterocycles. The first kappa shape index (κ1) is 17.4. The summed E-state index contributed by atoms with van der Waals surface area (Å²) < 4.78 is 5.00. The molecule has 2 aromatic rings. The minimum Gasteiger partial charge on any atom is -0.462 e. The number of thiophene rings is 1. The van der Waals surface area contributed by atoms with Gasteiger partial charge in [0, 0.05) is 16.8 Å². The monoisotopic (exact) mass is 351 g/mol. The highest BCUT2D eigenvalue weighted by atomic mass is 32.2. The van der Waals surface area contributed by atoms with Gasteiger partial charge in [0.05, 0.1) is 17.9 Å². The lowest BCUT2D eigenvalue weighted by molar-refractivity contribution is -0.113. The van der Waals surface area contributed by atoms with Crippen LogP contribution in [0.15, 0.2) is 23.5 Å². The van der Waals surface area contributed by atoms with Crippen LogP contribution in [0.1, 0.15) is 27.9 Å². The molecule has 1 N–H and O–H groups in total. The Balaban J connectivity index is 1.99. The van der Waals surface area contributed by atoms with E-state index in [0.717, 1.165) is 10.6 Å². The van der Waals surface area contributed by atoms with E-state index in [2.05, 4.69) is 15.3 Å². The van der Waals surface area contributed by atoms with Gasteiger partial charge >= 0.3 is 5.97 Å². The van der Waals surface area contributed by atoms with E-state index >= 15 is 0 Å². The Hall–Kier alpha value is -1.93. The molecule has 0 atom stereocenters. The minimum atomic E-state index is -0.429. The zero-order valence-electron chi connectivity index (χ0n) is 13.1. The van der Waals surface area contributed by atoms with Crippen LogP contribution in [0.4, 0.5) is 5.00 Å². The third-order valence-corrected chi connectivity index (χ3v) is 4.54. The first-order valence-corrected chi connectivity index (χ1v) is 8.79. The summed E-state index contributed by atoms with van der Waals surface area (Å²) in [5, 5.41) is 3.82. The zero-order valence-corrected chi connectivity index (χ0v) is 14.7. The largest absolute Gasteiger partial charge is 0.462 e. The number of aromatic nitrogens is 2. The van der Waals surface area contributed by atoms with Crippen LogP contribution in [-0.2, 0) is 9.53 Å². The van der Waals surface area contributed by atoms with Gasteiger partial charge in [0.2, 0.25) is 5.91 Å². The summed E-state index contributed by atoms with van der Waals surface area (Å²) in [4.78, 5) is 33.2. The third-order valence-electron chi connectivity index (χ3n) is 2.71. The number of rotatable bonds is 6. The highest BCUT2D eigenvalue weighted by Crippen LogP contribution is 2.28. The number of ether oxygens (including phenoxy) is 1. The number of carbonyl (C=O) groups excluding carboxylic acids is 2. The van der Waals surface area contributed by atoms with Gasteiger partial charge in [-0.15, -0.1) is 11.3 Å². The van der Waals surface area contributed by atoms with E-state index in [1.54, 1.807) is 25.3 Å². The van der Waals surface area contributed by atoms with Crippen molar-refractivity contribution in [3.05, 3.63) is 34.5 Å². The lowest BCUT2D eigenvalue weighted by Gasteiger charge is -2.06. The van der Waals surface area contributed by atoms with E-state index in [1.165, 1.54) is 23.1 Å². The summed E-state index contributed by atoms with van der Waals surface area (Å²) in [5.41, 5.74) is 1.24. The summed E-state index contributed by atoms with van der Waals surface area (Å²) in [5.74, 6) is -0.475. The van der Waals surface area contributed by atoms with E-state index in [4.69, 9.17) is 4.74 Å². The van der Waals surface area contributed by atoms with Crippen molar-refractivity contribution in [1.82, 2.24) is 9.97 Å². The van der Waals surface area contributed by atoms with Crippen molar-refractivity contribution in [3.63, 3.8) is 0 Å². The number of carbonyl (C=O) groups is 2. The maximum Gasteiger partial charge on any atom is 0.341 e. The SMILES string of the molecule is CCOC(=O)c1cc(C)sc1NC(=O)CSc1nccc(C)n1. The van der Waals surface area contributed by atoms with Gasteiger partial charge in [-0.05, 0) is 32.9 Å². The molecular weight excluding hydrogens is 334 g/mol. The molecular formula is C15H17N3O3S2. The Morgan fingerprint density at radius 3 is 2.87 bits per heavy atom. The van der Waals surface area contributed by atoms with Crippen LogP contribution in [-0.4, -0.2) is 34.2 Å². The van der Waals surface area contributed by atoms with Crippen LogP contribution in [0, 0.1) is 13.8 Å². The van der Waals surface area contributed by atoms with Gasteiger partial charge in [0.15, 0.2) is 5.16 Å². The van der Waals surface area contributed by atoms with Gasteiger partial charge < -0.3 is 10.1 Å². The van der Waals surface area contributed by atoms with Crippen molar-refractivity contribution < 1.29 is 14.3 Å². The minimum absolute atomic E-state index is 0.169. The summed E-state index contributed by atoms with van der Waals surface area (Å²) in [6.45, 7) is 5.78. The van der Waals surface area contributed by atoms with E-state index in [1.807, 2.05) is 13.8 Å². The molecule has 1 amide bonds. The fraction of sp³-hybridized carbons (Fsp3) is 0.333. The molecule has 0 radical (unpaired) electrons. The summed E-state index contributed by atoms with van der Waals surface area (Å²) in [6.07, 6.45) is 1.66. The average molecular weight is 351 g/mol. The maximum atomic E-state index is 12.1. The molecule has 0 aliphatic rings.